The van der Waals surface area contributed by atoms with E-state index >= 15 is 0 Å². The van der Waals surface area contributed by atoms with Crippen molar-refractivity contribution in [3.63, 3.8) is 0 Å². The predicted molar refractivity (Wildman–Crippen MR) is 94.4 cm³/mol. The monoisotopic (exact) mass is 313 g/mol. The number of rotatable bonds is 6. The standard InChI is InChI=1S/C18H27N5/c1-3-22-9-11-23(12-10-22)17(14-19-2)16-13-20-18(21-16)15-7-5-4-6-8-15/h4-8,13,17,19H,3,9-12,14H2,1-2H3,(H,20,21). The van der Waals surface area contributed by atoms with Gasteiger partial charge in [0.15, 0.2) is 0 Å². The van der Waals surface area contributed by atoms with Crippen LogP contribution in [0, 0.1) is 0 Å². The van der Waals surface area contributed by atoms with Gasteiger partial charge in [0.25, 0.3) is 0 Å². The number of aromatic amines is 1. The Bertz CT molecular complexity index is 586. The van der Waals surface area contributed by atoms with E-state index < -0.39 is 0 Å². The number of aromatic nitrogens is 2. The van der Waals surface area contributed by atoms with E-state index in [4.69, 9.17) is 0 Å². The molecule has 1 aromatic heterocycles. The molecule has 0 bridgehead atoms. The topological polar surface area (TPSA) is 47.2 Å². The van der Waals surface area contributed by atoms with Crippen molar-refractivity contribution in [3.8, 4) is 11.4 Å². The Morgan fingerprint density at radius 3 is 2.57 bits per heavy atom. The molecule has 5 heteroatoms. The molecule has 0 radical (unpaired) electrons. The molecule has 0 aliphatic carbocycles. The van der Waals surface area contributed by atoms with Gasteiger partial charge in [-0.1, -0.05) is 37.3 Å². The first kappa shape index (κ1) is 16.2. The van der Waals surface area contributed by atoms with Crippen molar-refractivity contribution in [2.45, 2.75) is 13.0 Å². The second-order valence-electron chi connectivity index (χ2n) is 6.10. The van der Waals surface area contributed by atoms with Crippen LogP contribution >= 0.6 is 0 Å². The lowest BCUT2D eigenvalue weighted by atomic mass is 10.1. The van der Waals surface area contributed by atoms with Crippen LogP contribution in [0.15, 0.2) is 36.5 Å². The number of hydrogen-bond donors (Lipinski definition) is 2. The molecule has 124 valence electrons. The van der Waals surface area contributed by atoms with Crippen molar-refractivity contribution in [1.82, 2.24) is 25.1 Å². The Morgan fingerprint density at radius 1 is 1.17 bits per heavy atom. The summed E-state index contributed by atoms with van der Waals surface area (Å²) in [6.07, 6.45) is 2.00. The Morgan fingerprint density at radius 2 is 1.91 bits per heavy atom. The number of nitrogens with one attached hydrogen (secondary N) is 2. The molecule has 1 unspecified atom stereocenters. The molecule has 2 N–H and O–H groups in total. The summed E-state index contributed by atoms with van der Waals surface area (Å²) in [6, 6.07) is 10.7. The summed E-state index contributed by atoms with van der Waals surface area (Å²) >= 11 is 0. The first-order valence-electron chi connectivity index (χ1n) is 8.53. The molecule has 1 aliphatic heterocycles. The maximum atomic E-state index is 4.60. The molecule has 5 nitrogen and oxygen atoms in total. The summed E-state index contributed by atoms with van der Waals surface area (Å²) in [5, 5.41) is 3.33. The van der Waals surface area contributed by atoms with Crippen LogP contribution < -0.4 is 5.32 Å². The molecule has 1 atom stereocenters. The quantitative estimate of drug-likeness (QED) is 0.856. The number of nitrogens with zero attached hydrogens (tertiary/aromatic N) is 3. The maximum absolute atomic E-state index is 4.60. The fraction of sp³-hybridized carbons (Fsp3) is 0.500. The number of piperazine rings is 1. The van der Waals surface area contributed by atoms with Gasteiger partial charge < -0.3 is 15.2 Å². The van der Waals surface area contributed by atoms with Gasteiger partial charge >= 0.3 is 0 Å². The van der Waals surface area contributed by atoms with Gasteiger partial charge in [0.1, 0.15) is 5.82 Å². The molecule has 23 heavy (non-hydrogen) atoms. The van der Waals surface area contributed by atoms with Gasteiger partial charge in [-0.05, 0) is 13.6 Å². The molecule has 0 amide bonds. The van der Waals surface area contributed by atoms with Crippen LogP contribution in [0.3, 0.4) is 0 Å². The average molecular weight is 313 g/mol. The van der Waals surface area contributed by atoms with Gasteiger partial charge in [-0.2, -0.15) is 0 Å². The summed E-state index contributed by atoms with van der Waals surface area (Å²) in [5.74, 6) is 0.953. The third kappa shape index (κ3) is 3.80. The smallest absolute Gasteiger partial charge is 0.137 e. The van der Waals surface area contributed by atoms with E-state index in [0.29, 0.717) is 6.04 Å². The molecule has 0 spiro atoms. The number of H-pyrrole nitrogens is 1. The molecule has 3 rings (SSSR count). The normalized spacial score (nSPS) is 18.2. The van der Waals surface area contributed by atoms with Crippen molar-refractivity contribution in [2.24, 2.45) is 0 Å². The predicted octanol–water partition coefficient (Wildman–Crippen LogP) is 1.97. The van der Waals surface area contributed by atoms with Gasteiger partial charge in [0.05, 0.1) is 17.9 Å². The summed E-state index contributed by atoms with van der Waals surface area (Å²) in [5.41, 5.74) is 2.33. The van der Waals surface area contributed by atoms with Crippen molar-refractivity contribution in [3.05, 3.63) is 42.2 Å². The number of likely N-dealkylation sites (N-methyl/N-ethyl adjacent to an activating group) is 2. The molecule has 0 saturated carbocycles. The van der Waals surface area contributed by atoms with Gasteiger partial charge in [0.2, 0.25) is 0 Å². The van der Waals surface area contributed by atoms with Crippen LogP contribution in [-0.2, 0) is 0 Å². The van der Waals surface area contributed by atoms with E-state index in [0.717, 1.165) is 50.7 Å². The van der Waals surface area contributed by atoms with Crippen molar-refractivity contribution < 1.29 is 0 Å². The van der Waals surface area contributed by atoms with Gasteiger partial charge in [-0.3, -0.25) is 4.90 Å². The molecular formula is C18H27N5. The van der Waals surface area contributed by atoms with Crippen molar-refractivity contribution in [1.29, 1.82) is 0 Å². The summed E-state index contributed by atoms with van der Waals surface area (Å²) < 4.78 is 0. The van der Waals surface area contributed by atoms with Gasteiger partial charge in [-0.15, -0.1) is 0 Å². The van der Waals surface area contributed by atoms with Crippen LogP contribution in [0.25, 0.3) is 11.4 Å². The molecule has 1 aliphatic rings. The highest BCUT2D eigenvalue weighted by molar-refractivity contribution is 5.54. The average Bonchev–Trinajstić information content (AvgIpc) is 3.10. The first-order valence-corrected chi connectivity index (χ1v) is 8.53. The lowest BCUT2D eigenvalue weighted by molar-refractivity contribution is 0.0976. The molecule has 1 aromatic carbocycles. The third-order valence-corrected chi connectivity index (χ3v) is 4.69. The van der Waals surface area contributed by atoms with E-state index in [1.54, 1.807) is 0 Å². The van der Waals surface area contributed by atoms with Gasteiger partial charge in [0, 0.05) is 38.3 Å². The van der Waals surface area contributed by atoms with E-state index in [9.17, 15) is 0 Å². The zero-order chi connectivity index (χ0) is 16.1. The lowest BCUT2D eigenvalue weighted by Crippen LogP contribution is -2.49. The van der Waals surface area contributed by atoms with E-state index in [2.05, 4.69) is 44.1 Å². The second-order valence-corrected chi connectivity index (χ2v) is 6.10. The van der Waals surface area contributed by atoms with Crippen LogP contribution in [0.4, 0.5) is 0 Å². The SMILES string of the molecule is CCN1CCN(C(CNC)c2cnc(-c3ccccc3)[nH]2)CC1. The van der Waals surface area contributed by atoms with Crippen molar-refractivity contribution in [2.75, 3.05) is 46.3 Å². The van der Waals surface area contributed by atoms with E-state index in [-0.39, 0.29) is 0 Å². The fourth-order valence-electron chi connectivity index (χ4n) is 3.27. The van der Waals surface area contributed by atoms with Gasteiger partial charge in [-0.25, -0.2) is 4.98 Å². The Labute approximate surface area is 138 Å². The second kappa shape index (κ2) is 7.73. The molecular weight excluding hydrogens is 286 g/mol. The van der Waals surface area contributed by atoms with Crippen LogP contribution in [0.2, 0.25) is 0 Å². The Hall–Kier alpha value is -1.69. The third-order valence-electron chi connectivity index (χ3n) is 4.69. The molecule has 2 heterocycles. The Balaban J connectivity index is 1.75. The largest absolute Gasteiger partial charge is 0.341 e. The summed E-state index contributed by atoms with van der Waals surface area (Å²) in [7, 11) is 2.02. The maximum Gasteiger partial charge on any atom is 0.137 e. The van der Waals surface area contributed by atoms with Crippen molar-refractivity contribution >= 4 is 0 Å². The van der Waals surface area contributed by atoms with E-state index in [1.807, 2.05) is 31.4 Å². The lowest BCUT2D eigenvalue weighted by Gasteiger charge is -2.38. The minimum atomic E-state index is 0.351. The molecule has 1 saturated heterocycles. The molecule has 1 fully saturated rings. The Kier molecular flexibility index (Phi) is 5.43. The fourth-order valence-corrected chi connectivity index (χ4v) is 3.27. The van der Waals surface area contributed by atoms with Crippen LogP contribution in [-0.4, -0.2) is 66.1 Å². The number of benzene rings is 1. The number of imidazole rings is 1. The highest BCUT2D eigenvalue weighted by atomic mass is 15.3. The minimum Gasteiger partial charge on any atom is -0.341 e. The first-order chi connectivity index (χ1) is 11.3. The zero-order valence-corrected chi connectivity index (χ0v) is 14.1. The molecule has 2 aromatic rings. The summed E-state index contributed by atoms with van der Waals surface area (Å²) in [4.78, 5) is 13.2. The van der Waals surface area contributed by atoms with Crippen LogP contribution in [0.5, 0.6) is 0 Å². The zero-order valence-electron chi connectivity index (χ0n) is 14.1. The minimum absolute atomic E-state index is 0.351. The van der Waals surface area contributed by atoms with E-state index in [1.165, 1.54) is 5.69 Å². The highest BCUT2D eigenvalue weighted by Crippen LogP contribution is 2.23. The highest BCUT2D eigenvalue weighted by Gasteiger charge is 2.25. The summed E-state index contributed by atoms with van der Waals surface area (Å²) in [6.45, 7) is 8.84. The van der Waals surface area contributed by atoms with Crippen LogP contribution in [0.1, 0.15) is 18.7 Å². The number of hydrogen-bond acceptors (Lipinski definition) is 4.